The number of carbonyl (C=O) groups is 2. The summed E-state index contributed by atoms with van der Waals surface area (Å²) in [7, 11) is 1.17. The number of nitrogens with zero attached hydrogens (tertiary/aromatic N) is 1. The van der Waals surface area contributed by atoms with Crippen LogP contribution in [0.2, 0.25) is 0 Å². The van der Waals surface area contributed by atoms with Gasteiger partial charge in [0.25, 0.3) is 7.82 Å². The summed E-state index contributed by atoms with van der Waals surface area (Å²) in [4.78, 5) is 37.5. The molecule has 1 unspecified atom stereocenters. The lowest BCUT2D eigenvalue weighted by atomic mass is 10.0. The minimum absolute atomic E-state index is 0.0283. The van der Waals surface area contributed by atoms with Crippen molar-refractivity contribution in [3.63, 3.8) is 0 Å². The molecule has 0 saturated heterocycles. The van der Waals surface area contributed by atoms with Gasteiger partial charge in [0.05, 0.1) is 27.7 Å². The molecule has 0 heterocycles. The summed E-state index contributed by atoms with van der Waals surface area (Å²) < 4.78 is 33.9. The zero-order valence-corrected chi connectivity index (χ0v) is 36.8. The van der Waals surface area contributed by atoms with Crippen molar-refractivity contribution in [2.75, 3.05) is 47.5 Å². The molecule has 2 atom stereocenters. The summed E-state index contributed by atoms with van der Waals surface area (Å²) >= 11 is 0. The summed E-state index contributed by atoms with van der Waals surface area (Å²) in [5.74, 6) is -0.830. The summed E-state index contributed by atoms with van der Waals surface area (Å²) in [6.07, 6.45) is 38.0. The Hall–Kier alpha value is -1.25. The number of hydrogen-bond acceptors (Lipinski definition) is 8. The van der Waals surface area contributed by atoms with Gasteiger partial charge < -0.3 is 27.9 Å². The van der Waals surface area contributed by atoms with Crippen molar-refractivity contribution < 1.29 is 42.1 Å². The van der Waals surface area contributed by atoms with Gasteiger partial charge in [0.15, 0.2) is 6.10 Å². The number of phosphoric acid groups is 1. The van der Waals surface area contributed by atoms with Crippen LogP contribution >= 0.6 is 7.82 Å². The maximum atomic E-state index is 12.7. The number of allylic oxidation sites excluding steroid dienone is 2. The molecule has 10 heteroatoms. The van der Waals surface area contributed by atoms with Gasteiger partial charge in [0.2, 0.25) is 0 Å². The van der Waals surface area contributed by atoms with Crippen LogP contribution < -0.4 is 4.89 Å². The highest BCUT2D eigenvalue weighted by Crippen LogP contribution is 2.38. The third kappa shape index (κ3) is 40.4. The predicted octanol–water partition coefficient (Wildman–Crippen LogP) is 11.9. The van der Waals surface area contributed by atoms with E-state index in [2.05, 4.69) is 26.0 Å². The molecule has 0 rings (SSSR count). The Morgan fingerprint density at radius 3 is 1.37 bits per heavy atom. The van der Waals surface area contributed by atoms with E-state index in [4.69, 9.17) is 18.5 Å². The van der Waals surface area contributed by atoms with E-state index in [1.54, 1.807) is 0 Å². The quantitative estimate of drug-likeness (QED) is 0.0198. The second-order valence-corrected chi connectivity index (χ2v) is 17.8. The fourth-order valence-electron chi connectivity index (χ4n) is 6.24. The van der Waals surface area contributed by atoms with E-state index < -0.39 is 26.5 Å². The molecule has 0 saturated carbocycles. The van der Waals surface area contributed by atoms with Gasteiger partial charge in [0, 0.05) is 12.8 Å². The number of rotatable bonds is 41. The Balaban J connectivity index is 4.31. The van der Waals surface area contributed by atoms with Gasteiger partial charge in [-0.3, -0.25) is 14.2 Å². The average molecular weight is 788 g/mol. The first-order valence-electron chi connectivity index (χ1n) is 22.4. The standard InChI is InChI=1S/C44H86NO8P/c1-6-8-10-12-14-16-18-20-21-22-23-25-26-28-30-32-34-36-43(46)50-40-42(41-52-54(48,49)51-39-38-45(3,4)5)53-44(47)37-35-33-31-29-27-24-19-17-15-13-11-9-7-2/h20-21,42H,6-19,22-41H2,1-5H3/b21-20-/t42-/m1/s1. The highest BCUT2D eigenvalue weighted by molar-refractivity contribution is 7.45. The minimum atomic E-state index is -4.62. The van der Waals surface area contributed by atoms with Crippen LogP contribution in [0.5, 0.6) is 0 Å². The van der Waals surface area contributed by atoms with Gasteiger partial charge in [-0.25, -0.2) is 0 Å². The molecule has 320 valence electrons. The molecule has 0 radical (unpaired) electrons. The fraction of sp³-hybridized carbons (Fsp3) is 0.909. The third-order valence-electron chi connectivity index (χ3n) is 9.79. The Kier molecular flexibility index (Phi) is 36.5. The number of carbonyl (C=O) groups excluding carboxylic acids is 2. The number of esters is 2. The van der Waals surface area contributed by atoms with Crippen LogP contribution in [-0.2, 0) is 32.7 Å². The van der Waals surface area contributed by atoms with Crippen LogP contribution in [0.15, 0.2) is 12.2 Å². The van der Waals surface area contributed by atoms with Crippen molar-refractivity contribution in [1.82, 2.24) is 0 Å². The van der Waals surface area contributed by atoms with Crippen LogP contribution in [0.4, 0.5) is 0 Å². The first-order valence-corrected chi connectivity index (χ1v) is 23.9. The van der Waals surface area contributed by atoms with E-state index in [1.165, 1.54) is 135 Å². The molecular formula is C44H86NO8P. The SMILES string of the molecule is CCCCCCCC/C=C\CCCCCCCCCC(=O)OC[C@H](COP(=O)([O-])OCC[N+](C)(C)C)OC(=O)CCCCCCCCCCCCCCC. The van der Waals surface area contributed by atoms with Crippen LogP contribution in [0.3, 0.4) is 0 Å². The van der Waals surface area contributed by atoms with Gasteiger partial charge in [-0.1, -0.05) is 167 Å². The number of unbranched alkanes of at least 4 members (excludes halogenated alkanes) is 25. The predicted molar refractivity (Wildman–Crippen MR) is 222 cm³/mol. The van der Waals surface area contributed by atoms with Crippen LogP contribution in [0.1, 0.15) is 206 Å². The Labute approximate surface area is 333 Å². The van der Waals surface area contributed by atoms with Gasteiger partial charge in [-0.15, -0.1) is 0 Å². The van der Waals surface area contributed by atoms with Gasteiger partial charge in [-0.05, 0) is 38.5 Å². The largest absolute Gasteiger partial charge is 0.756 e. The monoisotopic (exact) mass is 788 g/mol. The highest BCUT2D eigenvalue weighted by atomic mass is 31.2. The molecule has 0 bridgehead atoms. The Morgan fingerprint density at radius 2 is 0.944 bits per heavy atom. The summed E-state index contributed by atoms with van der Waals surface area (Å²) in [6.45, 7) is 4.24. The normalized spacial score (nSPS) is 13.7. The van der Waals surface area contributed by atoms with Crippen molar-refractivity contribution in [3.8, 4) is 0 Å². The molecule has 0 amide bonds. The molecule has 0 aliphatic heterocycles. The number of quaternary nitrogens is 1. The number of ether oxygens (including phenoxy) is 2. The van der Waals surface area contributed by atoms with Crippen molar-refractivity contribution in [2.45, 2.75) is 213 Å². The first-order chi connectivity index (χ1) is 26.0. The molecule has 0 aromatic heterocycles. The smallest absolute Gasteiger partial charge is 0.306 e. The van der Waals surface area contributed by atoms with Gasteiger partial charge in [0.1, 0.15) is 19.8 Å². The molecule has 0 fully saturated rings. The van der Waals surface area contributed by atoms with Crippen LogP contribution in [-0.4, -0.2) is 70.0 Å². The van der Waals surface area contributed by atoms with Crippen molar-refractivity contribution >= 4 is 19.8 Å². The summed E-state index contributed by atoms with van der Waals surface area (Å²) in [5.41, 5.74) is 0. The van der Waals surface area contributed by atoms with Crippen molar-refractivity contribution in [1.29, 1.82) is 0 Å². The fourth-order valence-corrected chi connectivity index (χ4v) is 6.97. The number of hydrogen-bond donors (Lipinski definition) is 0. The maximum absolute atomic E-state index is 12.7. The zero-order valence-electron chi connectivity index (χ0n) is 35.9. The lowest BCUT2D eigenvalue weighted by molar-refractivity contribution is -0.870. The van der Waals surface area contributed by atoms with E-state index in [0.29, 0.717) is 17.4 Å². The molecular weight excluding hydrogens is 701 g/mol. The molecule has 0 N–H and O–H groups in total. The lowest BCUT2D eigenvalue weighted by Crippen LogP contribution is -2.37. The lowest BCUT2D eigenvalue weighted by Gasteiger charge is -2.28. The number of phosphoric ester groups is 1. The second kappa shape index (κ2) is 37.3. The van der Waals surface area contributed by atoms with Crippen LogP contribution in [0, 0.1) is 0 Å². The molecule has 0 aromatic carbocycles. The summed E-state index contributed by atoms with van der Waals surface area (Å²) in [6, 6.07) is 0. The number of likely N-dealkylation sites (N-methyl/N-ethyl adjacent to an activating group) is 1. The average Bonchev–Trinajstić information content (AvgIpc) is 3.12. The molecule has 0 spiro atoms. The van der Waals surface area contributed by atoms with Crippen LogP contribution in [0.25, 0.3) is 0 Å². The van der Waals surface area contributed by atoms with E-state index in [9.17, 15) is 19.0 Å². The highest BCUT2D eigenvalue weighted by Gasteiger charge is 2.21. The maximum Gasteiger partial charge on any atom is 0.306 e. The van der Waals surface area contributed by atoms with Crippen molar-refractivity contribution in [2.24, 2.45) is 0 Å². The third-order valence-corrected chi connectivity index (χ3v) is 10.7. The van der Waals surface area contributed by atoms with Gasteiger partial charge in [-0.2, -0.15) is 0 Å². The Morgan fingerprint density at radius 1 is 0.556 bits per heavy atom. The molecule has 0 aliphatic carbocycles. The minimum Gasteiger partial charge on any atom is -0.756 e. The van der Waals surface area contributed by atoms with Crippen molar-refractivity contribution in [3.05, 3.63) is 12.2 Å². The molecule has 9 nitrogen and oxygen atoms in total. The molecule has 0 aromatic rings. The second-order valence-electron chi connectivity index (χ2n) is 16.4. The van der Waals surface area contributed by atoms with E-state index >= 15 is 0 Å². The summed E-state index contributed by atoms with van der Waals surface area (Å²) in [5, 5.41) is 0. The Bertz CT molecular complexity index is 938. The molecule has 54 heavy (non-hydrogen) atoms. The zero-order chi connectivity index (χ0) is 40.0. The molecule has 0 aliphatic rings. The van der Waals surface area contributed by atoms with E-state index in [-0.39, 0.29) is 32.0 Å². The topological polar surface area (TPSA) is 111 Å². The van der Waals surface area contributed by atoms with Gasteiger partial charge >= 0.3 is 11.9 Å². The first kappa shape index (κ1) is 52.8. The van der Waals surface area contributed by atoms with E-state index in [1.807, 2.05) is 21.1 Å². The van der Waals surface area contributed by atoms with E-state index in [0.717, 1.165) is 38.5 Å².